The lowest BCUT2D eigenvalue weighted by Crippen LogP contribution is -1.99. The molecule has 7 aromatic carbocycles. The van der Waals surface area contributed by atoms with Gasteiger partial charge < -0.3 is 0 Å². The second-order valence-corrected chi connectivity index (χ2v) is 11.4. The molecule has 45 heavy (non-hydrogen) atoms. The van der Waals surface area contributed by atoms with Crippen LogP contribution < -0.4 is 0 Å². The van der Waals surface area contributed by atoms with Crippen LogP contribution in [-0.4, -0.2) is 14.5 Å². The lowest BCUT2D eigenvalue weighted by Gasteiger charge is -2.18. The van der Waals surface area contributed by atoms with Gasteiger partial charge in [0.15, 0.2) is 5.82 Å². The van der Waals surface area contributed by atoms with Crippen LogP contribution >= 0.6 is 0 Å². The van der Waals surface area contributed by atoms with Crippen LogP contribution in [0.15, 0.2) is 164 Å². The van der Waals surface area contributed by atoms with Crippen molar-refractivity contribution in [2.75, 3.05) is 0 Å². The molecule has 0 aliphatic rings. The summed E-state index contributed by atoms with van der Waals surface area (Å²) in [6.07, 6.45) is 1.82. The first-order chi connectivity index (χ1) is 22.3. The molecule has 0 spiro atoms. The van der Waals surface area contributed by atoms with E-state index in [2.05, 4.69) is 143 Å². The number of rotatable bonds is 4. The van der Waals surface area contributed by atoms with Gasteiger partial charge in [0.2, 0.25) is 0 Å². The number of imidazole rings is 1. The van der Waals surface area contributed by atoms with E-state index < -0.39 is 0 Å². The molecule has 0 radical (unpaired) electrons. The monoisotopic (exact) mass is 573 g/mol. The van der Waals surface area contributed by atoms with Gasteiger partial charge in [0.25, 0.3) is 0 Å². The molecule has 0 aliphatic heterocycles. The molecule has 9 aromatic rings. The van der Waals surface area contributed by atoms with Crippen LogP contribution in [0.1, 0.15) is 0 Å². The van der Waals surface area contributed by atoms with Crippen molar-refractivity contribution in [3.63, 3.8) is 0 Å². The summed E-state index contributed by atoms with van der Waals surface area (Å²) in [5.74, 6) is 0.834. The van der Waals surface area contributed by atoms with Crippen LogP contribution in [0.5, 0.6) is 0 Å². The number of pyridine rings is 1. The van der Waals surface area contributed by atoms with Crippen molar-refractivity contribution in [3.8, 4) is 39.5 Å². The van der Waals surface area contributed by atoms with Gasteiger partial charge in [-0.25, -0.2) is 4.98 Å². The number of hydrogen-bond donors (Lipinski definition) is 0. The second-order valence-electron chi connectivity index (χ2n) is 11.4. The number of fused-ring (bicyclic) bond motifs is 4. The van der Waals surface area contributed by atoms with E-state index in [9.17, 15) is 0 Å². The van der Waals surface area contributed by atoms with Crippen molar-refractivity contribution >= 4 is 43.4 Å². The van der Waals surface area contributed by atoms with Gasteiger partial charge in [0, 0.05) is 11.9 Å². The van der Waals surface area contributed by atoms with E-state index in [1.165, 1.54) is 54.6 Å². The van der Waals surface area contributed by atoms with Crippen LogP contribution in [0.4, 0.5) is 0 Å². The van der Waals surface area contributed by atoms with Gasteiger partial charge in [-0.2, -0.15) is 0 Å². The van der Waals surface area contributed by atoms with E-state index in [1.54, 1.807) is 0 Å². The van der Waals surface area contributed by atoms with Crippen LogP contribution in [-0.2, 0) is 0 Å². The highest BCUT2D eigenvalue weighted by molar-refractivity contribution is 6.21. The Morgan fingerprint density at radius 1 is 0.444 bits per heavy atom. The summed E-state index contributed by atoms with van der Waals surface area (Å²) in [6, 6.07) is 56.2. The van der Waals surface area contributed by atoms with Gasteiger partial charge in [-0.1, -0.05) is 115 Å². The number of aromatic nitrogens is 3. The third-order valence-electron chi connectivity index (χ3n) is 8.84. The van der Waals surface area contributed by atoms with Gasteiger partial charge in [0.05, 0.1) is 11.0 Å². The Morgan fingerprint density at radius 3 is 1.71 bits per heavy atom. The standard InChI is InChI=1S/C42H27N3/c1-2-12-30-27-31(21-20-28(30)11-1)41-35-15-5-3-13-33(35)40(34-14-4-6-16-36(34)41)29-22-24-32(25-23-29)45-39-19-8-7-17-37(39)44-42(45)38-18-9-10-26-43-38/h1-27H. The number of benzene rings is 7. The van der Waals surface area contributed by atoms with E-state index in [4.69, 9.17) is 4.98 Å². The third kappa shape index (κ3) is 4.13. The molecule has 0 aliphatic carbocycles. The Morgan fingerprint density at radius 2 is 1.02 bits per heavy atom. The molecule has 3 heteroatoms. The molecule has 0 bridgehead atoms. The van der Waals surface area contributed by atoms with E-state index >= 15 is 0 Å². The minimum absolute atomic E-state index is 0.834. The van der Waals surface area contributed by atoms with Crippen molar-refractivity contribution in [3.05, 3.63) is 164 Å². The first-order valence-electron chi connectivity index (χ1n) is 15.3. The average molecular weight is 574 g/mol. The zero-order valence-corrected chi connectivity index (χ0v) is 24.4. The Bertz CT molecular complexity index is 2470. The fourth-order valence-electron chi connectivity index (χ4n) is 6.83. The molecular weight excluding hydrogens is 546 g/mol. The second kappa shape index (κ2) is 10.3. The van der Waals surface area contributed by atoms with Crippen molar-refractivity contribution in [1.29, 1.82) is 0 Å². The summed E-state index contributed by atoms with van der Waals surface area (Å²) in [4.78, 5) is 9.61. The molecule has 2 heterocycles. The highest BCUT2D eigenvalue weighted by Crippen LogP contribution is 2.44. The number of para-hydroxylation sites is 2. The summed E-state index contributed by atoms with van der Waals surface area (Å²) >= 11 is 0. The fourth-order valence-corrected chi connectivity index (χ4v) is 6.83. The number of hydrogen-bond acceptors (Lipinski definition) is 2. The van der Waals surface area contributed by atoms with Gasteiger partial charge in [-0.3, -0.25) is 9.55 Å². The summed E-state index contributed by atoms with van der Waals surface area (Å²) in [6.45, 7) is 0. The Hall–Kier alpha value is -6.06. The first kappa shape index (κ1) is 25.4. The highest BCUT2D eigenvalue weighted by Gasteiger charge is 2.18. The highest BCUT2D eigenvalue weighted by atomic mass is 15.1. The molecule has 0 unspecified atom stereocenters. The van der Waals surface area contributed by atoms with Crippen molar-refractivity contribution in [2.45, 2.75) is 0 Å². The zero-order chi connectivity index (χ0) is 29.7. The molecule has 3 nitrogen and oxygen atoms in total. The van der Waals surface area contributed by atoms with Crippen LogP contribution in [0, 0.1) is 0 Å². The van der Waals surface area contributed by atoms with Crippen molar-refractivity contribution in [1.82, 2.24) is 14.5 Å². The molecule has 9 rings (SSSR count). The Labute approximate surface area is 260 Å². The first-order valence-corrected chi connectivity index (χ1v) is 15.3. The summed E-state index contributed by atoms with van der Waals surface area (Å²) in [7, 11) is 0. The molecule has 0 saturated heterocycles. The van der Waals surface area contributed by atoms with Gasteiger partial charge >= 0.3 is 0 Å². The van der Waals surface area contributed by atoms with Crippen LogP contribution in [0.3, 0.4) is 0 Å². The molecule has 0 N–H and O–H groups in total. The topological polar surface area (TPSA) is 30.7 Å². The average Bonchev–Trinajstić information content (AvgIpc) is 3.51. The Balaban J connectivity index is 1.26. The quantitative estimate of drug-likeness (QED) is 0.196. The van der Waals surface area contributed by atoms with E-state index in [0.29, 0.717) is 0 Å². The Kier molecular flexibility index (Phi) is 5.82. The molecule has 2 aromatic heterocycles. The van der Waals surface area contributed by atoms with Crippen LogP contribution in [0.2, 0.25) is 0 Å². The predicted octanol–water partition coefficient (Wildman–Crippen LogP) is 10.9. The molecule has 0 amide bonds. The van der Waals surface area contributed by atoms with E-state index in [-0.39, 0.29) is 0 Å². The lowest BCUT2D eigenvalue weighted by atomic mass is 9.85. The molecular formula is C42H27N3. The molecule has 0 saturated carbocycles. The lowest BCUT2D eigenvalue weighted by molar-refractivity contribution is 1.08. The number of nitrogens with zero attached hydrogens (tertiary/aromatic N) is 3. The maximum absolute atomic E-state index is 4.98. The largest absolute Gasteiger partial charge is 0.291 e. The smallest absolute Gasteiger partial charge is 0.164 e. The predicted molar refractivity (Wildman–Crippen MR) is 188 cm³/mol. The van der Waals surface area contributed by atoms with Crippen LogP contribution in [0.25, 0.3) is 82.8 Å². The summed E-state index contributed by atoms with van der Waals surface area (Å²) in [5, 5.41) is 7.50. The summed E-state index contributed by atoms with van der Waals surface area (Å²) in [5.41, 5.74) is 8.84. The SMILES string of the molecule is c1ccc(-c2nc3ccccc3n2-c2ccc(-c3c4ccccc4c(-c4ccc5ccccc5c4)c4ccccc34)cc2)nc1. The molecule has 0 fully saturated rings. The maximum Gasteiger partial charge on any atom is 0.164 e. The minimum Gasteiger partial charge on any atom is -0.291 e. The van der Waals surface area contributed by atoms with Gasteiger partial charge in [-0.05, 0) is 97.0 Å². The fraction of sp³-hybridized carbons (Fsp3) is 0. The minimum atomic E-state index is 0.834. The molecule has 0 atom stereocenters. The maximum atomic E-state index is 4.98. The van der Waals surface area contributed by atoms with Gasteiger partial charge in [0.1, 0.15) is 5.69 Å². The molecule has 210 valence electrons. The van der Waals surface area contributed by atoms with E-state index in [1.807, 2.05) is 30.5 Å². The van der Waals surface area contributed by atoms with Gasteiger partial charge in [-0.15, -0.1) is 0 Å². The normalized spacial score (nSPS) is 11.6. The summed E-state index contributed by atoms with van der Waals surface area (Å²) < 4.78 is 2.21. The van der Waals surface area contributed by atoms with E-state index in [0.717, 1.165) is 28.2 Å². The third-order valence-corrected chi connectivity index (χ3v) is 8.84. The van der Waals surface area contributed by atoms with Crippen molar-refractivity contribution in [2.24, 2.45) is 0 Å². The zero-order valence-electron chi connectivity index (χ0n) is 24.4. The van der Waals surface area contributed by atoms with Crippen molar-refractivity contribution < 1.29 is 0 Å².